The van der Waals surface area contributed by atoms with Crippen LogP contribution in [0, 0.1) is 5.82 Å². The molecule has 0 aliphatic carbocycles. The molecule has 2 aromatic rings. The summed E-state index contributed by atoms with van der Waals surface area (Å²) in [6.07, 6.45) is -3.19. The molecule has 1 heterocycles. The van der Waals surface area contributed by atoms with Gasteiger partial charge in [-0.3, -0.25) is 0 Å². The largest absolute Gasteiger partial charge is 0.418 e. The zero-order valence-corrected chi connectivity index (χ0v) is 12.7. The molecule has 0 radical (unpaired) electrons. The first-order valence-corrected chi connectivity index (χ1v) is 7.16. The van der Waals surface area contributed by atoms with E-state index in [9.17, 15) is 17.6 Å². The molecule has 1 aromatic carbocycles. The molecular formula is C11H6BrClF4N2S. The molecule has 2 nitrogen and oxygen atoms in total. The van der Waals surface area contributed by atoms with Gasteiger partial charge < -0.3 is 5.32 Å². The molecule has 1 N–H and O–H groups in total. The molecule has 0 saturated carbocycles. The first-order valence-electron chi connectivity index (χ1n) is 5.17. The second-order valence-corrected chi connectivity index (χ2v) is 6.29. The van der Waals surface area contributed by atoms with Gasteiger partial charge >= 0.3 is 6.18 Å². The number of rotatable bonds is 3. The summed E-state index contributed by atoms with van der Waals surface area (Å²) in [7, 11) is 0. The number of nitrogens with one attached hydrogen (secondary N) is 1. The molecule has 1 aromatic heterocycles. The topological polar surface area (TPSA) is 24.9 Å². The molecule has 0 aliphatic heterocycles. The maximum atomic E-state index is 13.1. The maximum absolute atomic E-state index is 13.1. The van der Waals surface area contributed by atoms with Crippen molar-refractivity contribution < 1.29 is 17.6 Å². The second-order valence-electron chi connectivity index (χ2n) is 3.74. The molecule has 0 unspecified atom stereocenters. The van der Waals surface area contributed by atoms with Crippen molar-refractivity contribution in [1.29, 1.82) is 0 Å². The van der Waals surface area contributed by atoms with Crippen molar-refractivity contribution in [3.05, 3.63) is 43.5 Å². The van der Waals surface area contributed by atoms with Gasteiger partial charge in [0.2, 0.25) is 0 Å². The van der Waals surface area contributed by atoms with E-state index in [0.29, 0.717) is 15.4 Å². The van der Waals surface area contributed by atoms with Crippen LogP contribution < -0.4 is 5.32 Å². The SMILES string of the molecule is Fc1cc(Br)c(NCc2cnc(Cl)s2)c(C(F)(F)F)c1. The fraction of sp³-hybridized carbons (Fsp3) is 0.182. The van der Waals surface area contributed by atoms with Gasteiger partial charge in [-0.1, -0.05) is 11.6 Å². The summed E-state index contributed by atoms with van der Waals surface area (Å²) in [5.74, 6) is -0.962. The van der Waals surface area contributed by atoms with Gasteiger partial charge in [0.25, 0.3) is 0 Å². The van der Waals surface area contributed by atoms with Gasteiger partial charge in [-0.05, 0) is 28.1 Å². The van der Waals surface area contributed by atoms with Crippen molar-refractivity contribution in [3.63, 3.8) is 0 Å². The van der Waals surface area contributed by atoms with Gasteiger partial charge in [-0.15, -0.1) is 11.3 Å². The smallest absolute Gasteiger partial charge is 0.379 e. The van der Waals surface area contributed by atoms with Crippen LogP contribution in [0.15, 0.2) is 22.8 Å². The molecule has 0 amide bonds. The lowest BCUT2D eigenvalue weighted by molar-refractivity contribution is -0.137. The van der Waals surface area contributed by atoms with Crippen LogP contribution in [-0.4, -0.2) is 4.98 Å². The Morgan fingerprint density at radius 2 is 2.05 bits per heavy atom. The van der Waals surface area contributed by atoms with Crippen LogP contribution in [0.3, 0.4) is 0 Å². The lowest BCUT2D eigenvalue weighted by Gasteiger charge is -2.16. The van der Waals surface area contributed by atoms with Crippen LogP contribution in [0.2, 0.25) is 4.47 Å². The van der Waals surface area contributed by atoms with E-state index in [2.05, 4.69) is 26.2 Å². The number of halogens is 6. The van der Waals surface area contributed by atoms with Crippen molar-refractivity contribution in [2.45, 2.75) is 12.7 Å². The summed E-state index contributed by atoms with van der Waals surface area (Å²) in [5.41, 5.74) is -1.29. The molecule has 0 aliphatic rings. The highest BCUT2D eigenvalue weighted by atomic mass is 79.9. The molecule has 0 fully saturated rings. The molecule has 0 saturated heterocycles. The third-order valence-corrected chi connectivity index (χ3v) is 4.07. The Kier molecular flexibility index (Phi) is 4.55. The van der Waals surface area contributed by atoms with E-state index in [1.165, 1.54) is 6.20 Å². The summed E-state index contributed by atoms with van der Waals surface area (Å²) < 4.78 is 52.1. The van der Waals surface area contributed by atoms with Crippen LogP contribution >= 0.6 is 38.9 Å². The van der Waals surface area contributed by atoms with Gasteiger partial charge in [0.1, 0.15) is 5.82 Å². The van der Waals surface area contributed by atoms with Crippen molar-refractivity contribution >= 4 is 44.6 Å². The average molecular weight is 390 g/mol. The number of anilines is 1. The van der Waals surface area contributed by atoms with Gasteiger partial charge in [-0.2, -0.15) is 13.2 Å². The van der Waals surface area contributed by atoms with Crippen molar-refractivity contribution in [1.82, 2.24) is 4.98 Å². The van der Waals surface area contributed by atoms with Gasteiger partial charge in [0.15, 0.2) is 4.47 Å². The lowest BCUT2D eigenvalue weighted by atomic mass is 10.1. The summed E-state index contributed by atoms with van der Waals surface area (Å²) in [6.45, 7) is 0.109. The normalized spacial score (nSPS) is 11.7. The monoisotopic (exact) mass is 388 g/mol. The second kappa shape index (κ2) is 5.87. The number of hydrogen-bond donors (Lipinski definition) is 1. The maximum Gasteiger partial charge on any atom is 0.418 e. The van der Waals surface area contributed by atoms with Crippen LogP contribution in [0.4, 0.5) is 23.2 Å². The minimum Gasteiger partial charge on any atom is -0.379 e. The van der Waals surface area contributed by atoms with Gasteiger partial charge in [-0.25, -0.2) is 9.37 Å². The minimum atomic E-state index is -4.65. The van der Waals surface area contributed by atoms with Gasteiger partial charge in [0, 0.05) is 15.5 Å². The number of benzene rings is 1. The third kappa shape index (κ3) is 3.62. The summed E-state index contributed by atoms with van der Waals surface area (Å²) >= 11 is 9.72. The van der Waals surface area contributed by atoms with Crippen LogP contribution in [0.25, 0.3) is 0 Å². The van der Waals surface area contributed by atoms with Crippen LogP contribution in [-0.2, 0) is 12.7 Å². The zero-order chi connectivity index (χ0) is 14.9. The Morgan fingerprint density at radius 3 is 2.60 bits per heavy atom. The standard InChI is InChI=1S/C11H6BrClF4N2S/c12-8-2-5(14)1-7(11(15,16)17)9(8)18-3-6-4-19-10(13)20-6/h1-2,4,18H,3H2. The van der Waals surface area contributed by atoms with E-state index in [1.807, 2.05) is 0 Å². The number of nitrogens with zero attached hydrogens (tertiary/aromatic N) is 1. The molecule has 9 heteroatoms. The minimum absolute atomic E-state index is 0.000405. The lowest BCUT2D eigenvalue weighted by Crippen LogP contribution is -2.11. The molecule has 0 bridgehead atoms. The highest BCUT2D eigenvalue weighted by Crippen LogP contribution is 2.39. The van der Waals surface area contributed by atoms with Crippen molar-refractivity contribution in [2.75, 3.05) is 5.32 Å². The average Bonchev–Trinajstić information content (AvgIpc) is 2.72. The highest BCUT2D eigenvalue weighted by molar-refractivity contribution is 9.10. The Morgan fingerprint density at radius 1 is 1.35 bits per heavy atom. The predicted molar refractivity (Wildman–Crippen MR) is 73.6 cm³/mol. The molecule has 108 valence electrons. The van der Waals surface area contributed by atoms with Crippen molar-refractivity contribution in [2.24, 2.45) is 0 Å². The van der Waals surface area contributed by atoms with E-state index in [4.69, 9.17) is 11.6 Å². The van der Waals surface area contributed by atoms with E-state index in [-0.39, 0.29) is 16.7 Å². The fourth-order valence-electron chi connectivity index (χ4n) is 1.52. The number of hydrogen-bond acceptors (Lipinski definition) is 3. The molecular weight excluding hydrogens is 384 g/mol. The Bertz CT molecular complexity index is 629. The highest BCUT2D eigenvalue weighted by Gasteiger charge is 2.35. The van der Waals surface area contributed by atoms with E-state index in [0.717, 1.165) is 17.4 Å². The summed E-state index contributed by atoms with van der Waals surface area (Å²) in [5, 5.41) is 2.62. The van der Waals surface area contributed by atoms with E-state index < -0.39 is 17.6 Å². The Hall–Kier alpha value is -0.860. The third-order valence-electron chi connectivity index (χ3n) is 2.33. The summed E-state index contributed by atoms with van der Waals surface area (Å²) in [4.78, 5) is 4.45. The Labute approximate surface area is 128 Å². The van der Waals surface area contributed by atoms with Crippen LogP contribution in [0.1, 0.15) is 10.4 Å². The molecule has 2 rings (SSSR count). The van der Waals surface area contributed by atoms with E-state index in [1.54, 1.807) is 0 Å². The van der Waals surface area contributed by atoms with E-state index >= 15 is 0 Å². The predicted octanol–water partition coefficient (Wildman–Crippen LogP) is 5.33. The molecule has 20 heavy (non-hydrogen) atoms. The van der Waals surface area contributed by atoms with Crippen molar-refractivity contribution in [3.8, 4) is 0 Å². The zero-order valence-electron chi connectivity index (χ0n) is 9.56. The fourth-order valence-corrected chi connectivity index (χ4v) is 3.01. The quantitative estimate of drug-likeness (QED) is 0.718. The Balaban J connectivity index is 2.30. The van der Waals surface area contributed by atoms with Gasteiger partial charge in [0.05, 0.1) is 17.8 Å². The first kappa shape index (κ1) is 15.5. The molecule has 0 atom stereocenters. The summed E-state index contributed by atoms with van der Waals surface area (Å²) in [6, 6.07) is 1.42. The first-order chi connectivity index (χ1) is 9.27. The number of thiazole rings is 1. The number of alkyl halides is 3. The van der Waals surface area contributed by atoms with Crippen LogP contribution in [0.5, 0.6) is 0 Å². The number of aromatic nitrogens is 1. The molecule has 0 spiro atoms.